The molecule has 0 saturated heterocycles. The van der Waals surface area contributed by atoms with Crippen molar-refractivity contribution in [2.75, 3.05) is 6.61 Å². The van der Waals surface area contributed by atoms with E-state index in [9.17, 15) is 0 Å². The lowest BCUT2D eigenvalue weighted by Crippen LogP contribution is -1.90. The minimum atomic E-state index is 0.673. The van der Waals surface area contributed by atoms with Gasteiger partial charge in [0, 0.05) is 16.0 Å². The second-order valence-electron chi connectivity index (χ2n) is 3.11. The first-order valence-electron chi connectivity index (χ1n) is 4.53. The lowest BCUT2D eigenvalue weighted by Gasteiger charge is -2.04. The number of hydrogen-bond acceptors (Lipinski definition) is 2. The number of halogens is 1. The normalized spacial score (nSPS) is 10.8. The summed E-state index contributed by atoms with van der Waals surface area (Å²) in [5, 5.41) is 1.90. The molecule has 0 aliphatic heterocycles. The predicted molar refractivity (Wildman–Crippen MR) is 62.7 cm³/mol. The molecule has 0 spiro atoms. The lowest BCUT2D eigenvalue weighted by molar-refractivity contribution is 0.345. The van der Waals surface area contributed by atoms with Crippen molar-refractivity contribution in [2.24, 2.45) is 0 Å². The Morgan fingerprint density at radius 3 is 2.86 bits per heavy atom. The topological polar surface area (TPSA) is 9.23 Å². The van der Waals surface area contributed by atoms with Crippen molar-refractivity contribution in [3.8, 4) is 5.75 Å². The summed E-state index contributed by atoms with van der Waals surface area (Å²) in [6.07, 6.45) is 0. The van der Waals surface area contributed by atoms with Crippen LogP contribution in [0.4, 0.5) is 0 Å². The SMILES string of the molecule is CCOc1cc(Cl)cc2cc(C)sc12. The van der Waals surface area contributed by atoms with Crippen LogP contribution in [0, 0.1) is 6.92 Å². The summed E-state index contributed by atoms with van der Waals surface area (Å²) in [6, 6.07) is 5.99. The summed E-state index contributed by atoms with van der Waals surface area (Å²) < 4.78 is 6.73. The van der Waals surface area contributed by atoms with Gasteiger partial charge in [-0.1, -0.05) is 11.6 Å². The monoisotopic (exact) mass is 226 g/mol. The Labute approximate surface area is 92.3 Å². The third-order valence-electron chi connectivity index (χ3n) is 1.97. The number of thiophene rings is 1. The van der Waals surface area contributed by atoms with E-state index >= 15 is 0 Å². The van der Waals surface area contributed by atoms with Crippen LogP contribution >= 0.6 is 22.9 Å². The molecule has 0 bridgehead atoms. The fraction of sp³-hybridized carbons (Fsp3) is 0.273. The first-order valence-corrected chi connectivity index (χ1v) is 5.72. The van der Waals surface area contributed by atoms with Gasteiger partial charge in [0.25, 0.3) is 0 Å². The van der Waals surface area contributed by atoms with Crippen LogP contribution in [0.5, 0.6) is 5.75 Å². The summed E-state index contributed by atoms with van der Waals surface area (Å²) in [5.41, 5.74) is 0. The molecule has 0 radical (unpaired) electrons. The number of aryl methyl sites for hydroxylation is 1. The third-order valence-corrected chi connectivity index (χ3v) is 3.27. The molecule has 1 nitrogen and oxygen atoms in total. The molecule has 0 N–H and O–H groups in total. The first-order chi connectivity index (χ1) is 6.70. The van der Waals surface area contributed by atoms with Gasteiger partial charge in [0.1, 0.15) is 5.75 Å². The zero-order chi connectivity index (χ0) is 10.1. The van der Waals surface area contributed by atoms with Crippen molar-refractivity contribution in [2.45, 2.75) is 13.8 Å². The van der Waals surface area contributed by atoms with Gasteiger partial charge in [-0.3, -0.25) is 0 Å². The highest BCUT2D eigenvalue weighted by molar-refractivity contribution is 7.19. The zero-order valence-corrected chi connectivity index (χ0v) is 9.71. The number of ether oxygens (including phenoxy) is 1. The van der Waals surface area contributed by atoms with E-state index in [1.54, 1.807) is 11.3 Å². The van der Waals surface area contributed by atoms with Gasteiger partial charge in [-0.15, -0.1) is 11.3 Å². The van der Waals surface area contributed by atoms with Crippen molar-refractivity contribution in [3.05, 3.63) is 28.1 Å². The van der Waals surface area contributed by atoms with Crippen molar-refractivity contribution in [3.63, 3.8) is 0 Å². The van der Waals surface area contributed by atoms with Crippen LogP contribution in [-0.4, -0.2) is 6.61 Å². The maximum absolute atomic E-state index is 5.99. The van der Waals surface area contributed by atoms with Crippen LogP contribution in [0.25, 0.3) is 10.1 Å². The molecular formula is C11H11ClOS. The minimum Gasteiger partial charge on any atom is -0.492 e. The van der Waals surface area contributed by atoms with Crippen molar-refractivity contribution >= 4 is 33.0 Å². The quantitative estimate of drug-likeness (QED) is 0.744. The van der Waals surface area contributed by atoms with E-state index in [1.807, 2.05) is 19.1 Å². The summed E-state index contributed by atoms with van der Waals surface area (Å²) >= 11 is 7.74. The number of fused-ring (bicyclic) bond motifs is 1. The summed E-state index contributed by atoms with van der Waals surface area (Å²) in [4.78, 5) is 1.28. The molecule has 0 aliphatic rings. The van der Waals surface area contributed by atoms with Gasteiger partial charge in [-0.2, -0.15) is 0 Å². The van der Waals surface area contributed by atoms with E-state index in [4.69, 9.17) is 16.3 Å². The molecule has 2 aromatic rings. The molecule has 1 heterocycles. The maximum Gasteiger partial charge on any atom is 0.138 e. The van der Waals surface area contributed by atoms with Crippen LogP contribution < -0.4 is 4.74 Å². The van der Waals surface area contributed by atoms with Crippen LogP contribution in [0.15, 0.2) is 18.2 Å². The number of benzene rings is 1. The van der Waals surface area contributed by atoms with E-state index in [0.717, 1.165) is 10.8 Å². The zero-order valence-electron chi connectivity index (χ0n) is 8.13. The maximum atomic E-state index is 5.99. The number of hydrogen-bond donors (Lipinski definition) is 0. The number of rotatable bonds is 2. The van der Waals surface area contributed by atoms with Gasteiger partial charge in [-0.25, -0.2) is 0 Å². The molecule has 0 saturated carbocycles. The van der Waals surface area contributed by atoms with Crippen molar-refractivity contribution < 1.29 is 4.74 Å². The van der Waals surface area contributed by atoms with E-state index in [1.165, 1.54) is 15.0 Å². The molecule has 0 unspecified atom stereocenters. The molecule has 3 heteroatoms. The molecule has 0 fully saturated rings. The highest BCUT2D eigenvalue weighted by atomic mass is 35.5. The van der Waals surface area contributed by atoms with E-state index in [0.29, 0.717) is 6.61 Å². The Morgan fingerprint density at radius 2 is 2.14 bits per heavy atom. The Hall–Kier alpha value is -0.730. The summed E-state index contributed by atoms with van der Waals surface area (Å²) in [7, 11) is 0. The molecule has 0 aliphatic carbocycles. The Kier molecular flexibility index (Phi) is 2.66. The van der Waals surface area contributed by atoms with E-state index in [-0.39, 0.29) is 0 Å². The molecular weight excluding hydrogens is 216 g/mol. The predicted octanol–water partition coefficient (Wildman–Crippen LogP) is 4.26. The fourth-order valence-electron chi connectivity index (χ4n) is 1.48. The van der Waals surface area contributed by atoms with Crippen LogP contribution in [-0.2, 0) is 0 Å². The standard InChI is InChI=1S/C11H11ClOS/c1-3-13-10-6-9(12)5-8-4-7(2)14-11(8)10/h4-6H,3H2,1-2H3. The molecule has 2 rings (SSSR count). The Balaban J connectivity index is 2.66. The average molecular weight is 227 g/mol. The van der Waals surface area contributed by atoms with Crippen LogP contribution in [0.1, 0.15) is 11.8 Å². The first kappa shape index (κ1) is 9.81. The Morgan fingerprint density at radius 1 is 1.36 bits per heavy atom. The second-order valence-corrected chi connectivity index (χ2v) is 4.81. The van der Waals surface area contributed by atoms with Gasteiger partial charge < -0.3 is 4.74 Å². The van der Waals surface area contributed by atoms with Crippen molar-refractivity contribution in [1.29, 1.82) is 0 Å². The molecule has 0 atom stereocenters. The minimum absolute atomic E-state index is 0.673. The highest BCUT2D eigenvalue weighted by Crippen LogP contribution is 2.36. The van der Waals surface area contributed by atoms with Gasteiger partial charge in [0.15, 0.2) is 0 Å². The summed E-state index contributed by atoms with van der Waals surface area (Å²) in [5.74, 6) is 0.896. The third kappa shape index (κ3) is 1.72. The molecule has 0 amide bonds. The molecule has 74 valence electrons. The molecule has 1 aromatic carbocycles. The molecule has 1 aromatic heterocycles. The van der Waals surface area contributed by atoms with Crippen LogP contribution in [0.3, 0.4) is 0 Å². The molecule has 14 heavy (non-hydrogen) atoms. The second kappa shape index (κ2) is 3.79. The lowest BCUT2D eigenvalue weighted by atomic mass is 10.2. The van der Waals surface area contributed by atoms with Gasteiger partial charge in [0.05, 0.1) is 11.3 Å². The van der Waals surface area contributed by atoms with Crippen LogP contribution in [0.2, 0.25) is 5.02 Å². The van der Waals surface area contributed by atoms with E-state index in [2.05, 4.69) is 13.0 Å². The Bertz CT molecular complexity index is 462. The largest absolute Gasteiger partial charge is 0.492 e. The smallest absolute Gasteiger partial charge is 0.138 e. The van der Waals surface area contributed by atoms with Gasteiger partial charge in [0.2, 0.25) is 0 Å². The summed E-state index contributed by atoms with van der Waals surface area (Å²) in [6.45, 7) is 4.74. The fourth-order valence-corrected chi connectivity index (χ4v) is 2.66. The average Bonchev–Trinajstić information content (AvgIpc) is 2.45. The highest BCUT2D eigenvalue weighted by Gasteiger charge is 2.06. The van der Waals surface area contributed by atoms with Gasteiger partial charge in [-0.05, 0) is 31.4 Å². The van der Waals surface area contributed by atoms with Gasteiger partial charge >= 0.3 is 0 Å². The van der Waals surface area contributed by atoms with Crippen molar-refractivity contribution in [1.82, 2.24) is 0 Å². The van der Waals surface area contributed by atoms with E-state index < -0.39 is 0 Å².